The molecule has 9 heteroatoms. The molecule has 0 aliphatic heterocycles. The van der Waals surface area contributed by atoms with Gasteiger partial charge < -0.3 is 24.8 Å². The molecule has 4 aromatic carbocycles. The number of hydrogen-bond acceptors (Lipinski definition) is 0. The summed E-state index contributed by atoms with van der Waals surface area (Å²) in [6.45, 7) is 17.5. The van der Waals surface area contributed by atoms with Gasteiger partial charge >= 0.3 is 323 Å². The molecule has 56 heavy (non-hydrogen) atoms. The third kappa shape index (κ3) is 6.92. The smallest absolute Gasteiger partial charge is 1.00 e. The first-order chi connectivity index (χ1) is 25.2. The average Bonchev–Trinajstić information content (AvgIpc) is 3.73. The van der Waals surface area contributed by atoms with Crippen molar-refractivity contribution in [3.05, 3.63) is 162 Å². The van der Waals surface area contributed by atoms with E-state index >= 15 is 0 Å². The summed E-state index contributed by atoms with van der Waals surface area (Å²) in [5.41, 5.74) is 12.6. The SMILES string of the molecule is CC1=CC(C)[C]([Zr+2](=[C](c2ccc(C(F)(F)F)cc2)c2ccc(C(F)(F)F)cc2)[CH]2c3cc4c(cc3-c3cc5c(cc32)C(C)(C)C=C5C)C(C)=CC4(C)C)=C1.[Cl-].[Cl-]. The molecule has 8 rings (SSSR count). The van der Waals surface area contributed by atoms with Crippen molar-refractivity contribution in [2.75, 3.05) is 0 Å². The Labute approximate surface area is 345 Å². The summed E-state index contributed by atoms with van der Waals surface area (Å²) in [6.07, 6.45) is 0.0777. The van der Waals surface area contributed by atoms with E-state index in [-0.39, 0.29) is 45.2 Å². The number of fused-ring (bicyclic) bond motifs is 5. The van der Waals surface area contributed by atoms with Gasteiger partial charge in [-0.05, 0) is 0 Å². The van der Waals surface area contributed by atoms with E-state index in [0.29, 0.717) is 11.1 Å². The van der Waals surface area contributed by atoms with Crippen molar-refractivity contribution in [3.8, 4) is 11.1 Å². The van der Waals surface area contributed by atoms with E-state index in [1.54, 1.807) is 0 Å². The molecule has 0 N–H and O–H groups in total. The minimum Gasteiger partial charge on any atom is -1.00 e. The van der Waals surface area contributed by atoms with Crippen LogP contribution in [0.25, 0.3) is 22.3 Å². The first-order valence-corrected chi connectivity index (χ1v) is 22.3. The zero-order valence-corrected chi connectivity index (χ0v) is 36.4. The van der Waals surface area contributed by atoms with Crippen molar-refractivity contribution in [3.63, 3.8) is 0 Å². The average molecular weight is 883 g/mol. The molecule has 4 aliphatic rings. The van der Waals surface area contributed by atoms with E-state index in [9.17, 15) is 26.3 Å². The van der Waals surface area contributed by atoms with Crippen LogP contribution in [0.1, 0.15) is 115 Å². The van der Waals surface area contributed by atoms with Gasteiger partial charge in [0.15, 0.2) is 0 Å². The fraction of sp³-hybridized carbons (Fsp3) is 0.298. The Bertz CT molecular complexity index is 2290. The van der Waals surface area contributed by atoms with Crippen LogP contribution in [0.5, 0.6) is 0 Å². The fourth-order valence-electron chi connectivity index (χ4n) is 9.58. The van der Waals surface area contributed by atoms with Gasteiger partial charge in [0.05, 0.1) is 0 Å². The molecule has 1 unspecified atom stereocenters. The van der Waals surface area contributed by atoms with E-state index in [1.807, 2.05) is 0 Å². The predicted molar refractivity (Wildman–Crippen MR) is 204 cm³/mol. The van der Waals surface area contributed by atoms with Gasteiger partial charge in [-0.15, -0.1) is 0 Å². The Balaban J connectivity index is 0.00000266. The quantitative estimate of drug-likeness (QED) is 0.186. The number of hydrogen-bond donors (Lipinski definition) is 0. The molecule has 1 atom stereocenters. The zero-order chi connectivity index (χ0) is 38.9. The molecule has 0 fully saturated rings. The van der Waals surface area contributed by atoms with E-state index < -0.39 is 44.7 Å². The minimum atomic E-state index is -4.53. The van der Waals surface area contributed by atoms with Crippen LogP contribution in [0.3, 0.4) is 0 Å². The first-order valence-electron chi connectivity index (χ1n) is 18.4. The van der Waals surface area contributed by atoms with Crippen LogP contribution in [0.15, 0.2) is 106 Å². The van der Waals surface area contributed by atoms with Gasteiger partial charge in [0, 0.05) is 0 Å². The van der Waals surface area contributed by atoms with Gasteiger partial charge in [0.25, 0.3) is 0 Å². The summed E-state index contributed by atoms with van der Waals surface area (Å²) in [4.78, 5) is 0. The Hall–Kier alpha value is -3.25. The van der Waals surface area contributed by atoms with Gasteiger partial charge in [0.1, 0.15) is 0 Å². The molecule has 290 valence electrons. The van der Waals surface area contributed by atoms with Crippen molar-refractivity contribution in [1.29, 1.82) is 0 Å². The second-order valence-corrected chi connectivity index (χ2v) is 22.8. The Morgan fingerprint density at radius 3 is 1.32 bits per heavy atom. The third-order valence-electron chi connectivity index (χ3n) is 11.9. The molecule has 0 saturated carbocycles. The van der Waals surface area contributed by atoms with Crippen LogP contribution in [0.4, 0.5) is 26.3 Å². The summed E-state index contributed by atoms with van der Waals surface area (Å²) < 4.78 is 85.8. The van der Waals surface area contributed by atoms with Gasteiger partial charge in [-0.1, -0.05) is 0 Å². The topological polar surface area (TPSA) is 0 Å². The molecular weight excluding hydrogens is 841 g/mol. The van der Waals surface area contributed by atoms with Crippen molar-refractivity contribution < 1.29 is 72.4 Å². The van der Waals surface area contributed by atoms with E-state index in [2.05, 4.69) is 104 Å². The third-order valence-corrected chi connectivity index (χ3v) is 20.6. The van der Waals surface area contributed by atoms with Gasteiger partial charge in [0.2, 0.25) is 0 Å². The van der Waals surface area contributed by atoms with Gasteiger partial charge in [-0.3, -0.25) is 0 Å². The maximum Gasteiger partial charge on any atom is -1.00 e. The van der Waals surface area contributed by atoms with Crippen LogP contribution < -0.4 is 24.8 Å². The second kappa shape index (κ2) is 14.2. The number of allylic oxidation sites excluding steroid dienone is 8. The van der Waals surface area contributed by atoms with Crippen LogP contribution >= 0.6 is 0 Å². The van der Waals surface area contributed by atoms with Crippen LogP contribution in [-0.4, -0.2) is 3.21 Å². The number of halogens is 8. The van der Waals surface area contributed by atoms with Crippen LogP contribution in [-0.2, 0) is 44.4 Å². The fourth-order valence-corrected chi connectivity index (χ4v) is 19.2. The maximum absolute atomic E-state index is 13.9. The monoisotopic (exact) mass is 880 g/mol. The Morgan fingerprint density at radius 1 is 0.589 bits per heavy atom. The minimum absolute atomic E-state index is 0. The molecule has 0 heterocycles. The standard InChI is InChI=1S/C25H25.C15H8F6.C7H9.2ClH.Zr/c1-14-12-24(3,4)22-8-16-7-17-9-23-19(15(2)13-25(23,5)6)11-21(17)20(16)10-18(14)22;16-14(17,18)12-5-1-10(2-6-12)9-11-3-7-13(8-4-11)15(19,20)21;1-6-3-4-7(2)5-6;;;/h7-13H,1-6H3;1-8H;3,5,7H,1-2H3;2*1H;/q;;;;;+2/p-2. The second-order valence-electron chi connectivity index (χ2n) is 16.7. The van der Waals surface area contributed by atoms with E-state index in [0.717, 1.165) is 33.0 Å². The molecule has 0 amide bonds. The van der Waals surface area contributed by atoms with Gasteiger partial charge in [-0.25, -0.2) is 0 Å². The molecule has 0 bridgehead atoms. The molecule has 4 aromatic rings. The van der Waals surface area contributed by atoms with E-state index in [1.165, 1.54) is 83.2 Å². The van der Waals surface area contributed by atoms with Crippen molar-refractivity contribution in [2.24, 2.45) is 5.92 Å². The Kier molecular flexibility index (Phi) is 10.8. The zero-order valence-electron chi connectivity index (χ0n) is 32.4. The van der Waals surface area contributed by atoms with Gasteiger partial charge in [-0.2, -0.15) is 0 Å². The van der Waals surface area contributed by atoms with Crippen molar-refractivity contribution in [2.45, 2.75) is 82.2 Å². The molecule has 4 aliphatic carbocycles. The number of benzene rings is 4. The maximum atomic E-state index is 13.9. The molecule has 0 spiro atoms. The van der Waals surface area contributed by atoms with E-state index in [4.69, 9.17) is 0 Å². The molecule has 0 radical (unpaired) electrons. The molecule has 0 nitrogen and oxygen atoms in total. The molecule has 0 aromatic heterocycles. The van der Waals surface area contributed by atoms with Crippen LogP contribution in [0.2, 0.25) is 0 Å². The summed E-state index contributed by atoms with van der Waals surface area (Å²) in [7, 11) is 0. The summed E-state index contributed by atoms with van der Waals surface area (Å²) in [5.74, 6) is 0.0651. The largest absolute Gasteiger partial charge is 1.00 e. The summed E-state index contributed by atoms with van der Waals surface area (Å²) >= 11 is -3.55. The normalized spacial score (nSPS) is 18.6. The number of alkyl halides is 6. The van der Waals surface area contributed by atoms with Crippen LogP contribution in [0, 0.1) is 5.92 Å². The molecule has 0 saturated heterocycles. The van der Waals surface area contributed by atoms with Crippen molar-refractivity contribution in [1.82, 2.24) is 0 Å². The number of rotatable bonds is 4. The Morgan fingerprint density at radius 2 is 0.982 bits per heavy atom. The predicted octanol–water partition coefficient (Wildman–Crippen LogP) is 7.56. The summed E-state index contributed by atoms with van der Waals surface area (Å²) in [5, 5.41) is 0. The summed E-state index contributed by atoms with van der Waals surface area (Å²) in [6, 6.07) is 20.1. The van der Waals surface area contributed by atoms with Crippen molar-refractivity contribution >= 4 is 14.4 Å². The molecular formula is C47H42Cl2F6Zr. The first kappa shape index (κ1) is 42.4.